The topological polar surface area (TPSA) is 83.6 Å². The molecule has 0 radical (unpaired) electrons. The maximum Gasteiger partial charge on any atom is 0.407 e. The van der Waals surface area contributed by atoms with Gasteiger partial charge in [-0.15, -0.1) is 0 Å². The Hall–Kier alpha value is -3.87. The van der Waals surface area contributed by atoms with Crippen molar-refractivity contribution in [2.24, 2.45) is 0 Å². The fraction of sp³-hybridized carbons (Fsp3) is 0.269. The molecular weight excluding hydrogens is 416 g/mol. The van der Waals surface area contributed by atoms with Gasteiger partial charge in [0, 0.05) is 49.0 Å². The maximum absolute atomic E-state index is 13.0. The molecule has 1 fully saturated rings. The second-order valence-corrected chi connectivity index (χ2v) is 8.01. The van der Waals surface area contributed by atoms with E-state index in [1.807, 2.05) is 54.6 Å². The lowest BCUT2D eigenvalue weighted by atomic mass is 10.1. The number of ether oxygens (including phenoxy) is 1. The third-order valence-corrected chi connectivity index (χ3v) is 5.59. The molecule has 0 saturated carbocycles. The van der Waals surface area contributed by atoms with Crippen LogP contribution in [-0.4, -0.2) is 30.1 Å². The van der Waals surface area contributed by atoms with E-state index in [9.17, 15) is 9.59 Å². The molecule has 2 heterocycles. The third-order valence-electron chi connectivity index (χ3n) is 5.59. The molecule has 7 nitrogen and oxygen atoms in total. The standard InChI is InChI=1S/C26H28N4O3/c31-25(23-8-2-3-9-24(23)30-15-4-1-5-16-30)29-22-12-10-20(11-13-22)18-28-26(32)33-19-21-7-6-14-27-17-21/h2-3,6-14,17H,1,4-5,15-16,18-19H2,(H,28,32)(H,29,31). The van der Waals surface area contributed by atoms with Crippen LogP contribution in [0.1, 0.15) is 40.7 Å². The lowest BCUT2D eigenvalue weighted by Gasteiger charge is -2.30. The average molecular weight is 445 g/mol. The highest BCUT2D eigenvalue weighted by Gasteiger charge is 2.18. The average Bonchev–Trinajstić information content (AvgIpc) is 2.88. The van der Waals surface area contributed by atoms with Crippen LogP contribution in [0.25, 0.3) is 0 Å². The van der Waals surface area contributed by atoms with Crippen molar-refractivity contribution in [3.05, 3.63) is 89.7 Å². The number of rotatable bonds is 7. The van der Waals surface area contributed by atoms with Gasteiger partial charge < -0.3 is 20.3 Å². The number of para-hydroxylation sites is 1. The normalized spacial score (nSPS) is 13.3. The number of carbonyl (C=O) groups is 2. The van der Waals surface area contributed by atoms with Crippen molar-refractivity contribution in [3.8, 4) is 0 Å². The molecule has 0 unspecified atom stereocenters. The Bertz CT molecular complexity index is 1060. The number of alkyl carbamates (subject to hydrolysis) is 1. The van der Waals surface area contributed by atoms with E-state index in [1.165, 1.54) is 6.42 Å². The Morgan fingerprint density at radius 3 is 2.45 bits per heavy atom. The zero-order valence-corrected chi connectivity index (χ0v) is 18.5. The first-order valence-corrected chi connectivity index (χ1v) is 11.2. The van der Waals surface area contributed by atoms with Crippen LogP contribution in [0.4, 0.5) is 16.2 Å². The van der Waals surface area contributed by atoms with Gasteiger partial charge in [-0.05, 0) is 55.2 Å². The van der Waals surface area contributed by atoms with Crippen LogP contribution in [-0.2, 0) is 17.9 Å². The minimum atomic E-state index is -0.495. The van der Waals surface area contributed by atoms with Crippen molar-refractivity contribution in [1.29, 1.82) is 0 Å². The molecule has 1 aliphatic heterocycles. The van der Waals surface area contributed by atoms with E-state index in [0.29, 0.717) is 17.8 Å². The van der Waals surface area contributed by atoms with Crippen molar-refractivity contribution >= 4 is 23.4 Å². The number of nitrogens with zero attached hydrogens (tertiary/aromatic N) is 2. The van der Waals surface area contributed by atoms with Gasteiger partial charge in [-0.2, -0.15) is 0 Å². The summed E-state index contributed by atoms with van der Waals surface area (Å²) in [5.41, 5.74) is 4.10. The van der Waals surface area contributed by atoms with Crippen molar-refractivity contribution in [1.82, 2.24) is 10.3 Å². The van der Waals surface area contributed by atoms with Crippen LogP contribution in [0.2, 0.25) is 0 Å². The SMILES string of the molecule is O=C(NCc1ccc(NC(=O)c2ccccc2N2CCCCC2)cc1)OCc1cccnc1. The number of hydrogen-bond acceptors (Lipinski definition) is 5. The Balaban J connectivity index is 1.29. The lowest BCUT2D eigenvalue weighted by molar-refractivity contribution is 0.102. The fourth-order valence-electron chi connectivity index (χ4n) is 3.84. The van der Waals surface area contributed by atoms with Gasteiger partial charge in [0.2, 0.25) is 0 Å². The predicted octanol–water partition coefficient (Wildman–Crippen LogP) is 4.75. The first-order valence-electron chi connectivity index (χ1n) is 11.2. The predicted molar refractivity (Wildman–Crippen MR) is 128 cm³/mol. The largest absolute Gasteiger partial charge is 0.445 e. The van der Waals surface area contributed by atoms with Crippen molar-refractivity contribution in [2.75, 3.05) is 23.3 Å². The van der Waals surface area contributed by atoms with Crippen molar-refractivity contribution < 1.29 is 14.3 Å². The lowest BCUT2D eigenvalue weighted by Crippen LogP contribution is -2.31. The van der Waals surface area contributed by atoms with Crippen LogP contribution in [0.5, 0.6) is 0 Å². The summed E-state index contributed by atoms with van der Waals surface area (Å²) in [7, 11) is 0. The van der Waals surface area contributed by atoms with Crippen molar-refractivity contribution in [2.45, 2.75) is 32.4 Å². The molecule has 0 aliphatic carbocycles. The maximum atomic E-state index is 13.0. The molecule has 2 aromatic carbocycles. The number of benzene rings is 2. The van der Waals surface area contributed by atoms with E-state index < -0.39 is 6.09 Å². The zero-order valence-electron chi connectivity index (χ0n) is 18.5. The van der Waals surface area contributed by atoms with Crippen LogP contribution in [0.15, 0.2) is 73.1 Å². The number of amides is 2. The molecule has 33 heavy (non-hydrogen) atoms. The molecule has 4 rings (SSSR count). The van der Waals surface area contributed by atoms with Crippen molar-refractivity contribution in [3.63, 3.8) is 0 Å². The number of hydrogen-bond donors (Lipinski definition) is 2. The molecule has 7 heteroatoms. The molecule has 1 aliphatic rings. The Morgan fingerprint density at radius 2 is 1.70 bits per heavy atom. The minimum absolute atomic E-state index is 0.124. The fourth-order valence-corrected chi connectivity index (χ4v) is 3.84. The van der Waals surface area contributed by atoms with Gasteiger partial charge in [0.05, 0.1) is 5.56 Å². The zero-order chi connectivity index (χ0) is 22.9. The number of piperidine rings is 1. The van der Waals surface area contributed by atoms with Gasteiger partial charge in [-0.25, -0.2) is 4.79 Å². The number of pyridine rings is 1. The van der Waals surface area contributed by atoms with Gasteiger partial charge in [-0.3, -0.25) is 9.78 Å². The highest BCUT2D eigenvalue weighted by Crippen LogP contribution is 2.25. The number of anilines is 2. The van der Waals surface area contributed by atoms with Crippen LogP contribution >= 0.6 is 0 Å². The van der Waals surface area contributed by atoms with E-state index in [2.05, 4.69) is 20.5 Å². The highest BCUT2D eigenvalue weighted by molar-refractivity contribution is 6.08. The van der Waals surface area contributed by atoms with E-state index >= 15 is 0 Å². The Morgan fingerprint density at radius 1 is 0.909 bits per heavy atom. The third kappa shape index (κ3) is 6.32. The molecule has 0 spiro atoms. The molecule has 0 bridgehead atoms. The monoisotopic (exact) mass is 444 g/mol. The summed E-state index contributed by atoms with van der Waals surface area (Å²) in [5.74, 6) is -0.124. The minimum Gasteiger partial charge on any atom is -0.445 e. The summed E-state index contributed by atoms with van der Waals surface area (Å²) in [6.45, 7) is 2.47. The second-order valence-electron chi connectivity index (χ2n) is 8.01. The smallest absolute Gasteiger partial charge is 0.407 e. The number of nitrogens with one attached hydrogen (secondary N) is 2. The van der Waals surface area contributed by atoms with E-state index in [4.69, 9.17) is 4.74 Å². The molecule has 2 N–H and O–H groups in total. The summed E-state index contributed by atoms with van der Waals surface area (Å²) in [4.78, 5) is 31.1. The highest BCUT2D eigenvalue weighted by atomic mass is 16.5. The summed E-state index contributed by atoms with van der Waals surface area (Å²) in [6, 6.07) is 18.8. The first kappa shape index (κ1) is 22.3. The molecular formula is C26H28N4O3. The van der Waals surface area contributed by atoms with Gasteiger partial charge in [0.25, 0.3) is 5.91 Å². The summed E-state index contributed by atoms with van der Waals surface area (Å²) >= 11 is 0. The van der Waals surface area contributed by atoms with Crippen LogP contribution in [0.3, 0.4) is 0 Å². The molecule has 1 saturated heterocycles. The molecule has 170 valence electrons. The Labute approximate surface area is 193 Å². The summed E-state index contributed by atoms with van der Waals surface area (Å²) < 4.78 is 5.19. The molecule has 2 amide bonds. The van der Waals surface area contributed by atoms with Crippen LogP contribution < -0.4 is 15.5 Å². The molecule has 3 aromatic rings. The van der Waals surface area contributed by atoms with E-state index in [0.717, 1.165) is 42.7 Å². The van der Waals surface area contributed by atoms with Gasteiger partial charge in [0.15, 0.2) is 0 Å². The summed E-state index contributed by atoms with van der Waals surface area (Å²) in [6.07, 6.45) is 6.39. The van der Waals surface area contributed by atoms with Gasteiger partial charge in [-0.1, -0.05) is 30.3 Å². The van der Waals surface area contributed by atoms with Gasteiger partial charge >= 0.3 is 6.09 Å². The van der Waals surface area contributed by atoms with E-state index in [1.54, 1.807) is 18.5 Å². The quantitative estimate of drug-likeness (QED) is 0.549. The number of carbonyl (C=O) groups excluding carboxylic acids is 2. The number of aromatic nitrogens is 1. The summed E-state index contributed by atoms with van der Waals surface area (Å²) in [5, 5.41) is 5.71. The van der Waals surface area contributed by atoms with Crippen LogP contribution in [0, 0.1) is 0 Å². The van der Waals surface area contributed by atoms with Gasteiger partial charge in [0.1, 0.15) is 6.61 Å². The first-order chi connectivity index (χ1) is 16.2. The van der Waals surface area contributed by atoms with E-state index in [-0.39, 0.29) is 12.5 Å². The Kier molecular flexibility index (Phi) is 7.53. The molecule has 1 aromatic heterocycles. The molecule has 0 atom stereocenters. The second kappa shape index (κ2) is 11.1.